The molecule has 0 radical (unpaired) electrons. The van der Waals surface area contributed by atoms with Crippen molar-refractivity contribution >= 4 is 44.0 Å². The second-order valence-corrected chi connectivity index (χ2v) is 8.74. The van der Waals surface area contributed by atoms with E-state index < -0.39 is 0 Å². The summed E-state index contributed by atoms with van der Waals surface area (Å²) in [5.74, 6) is 1.02. The number of hydrogen-bond donors (Lipinski definition) is 1. The summed E-state index contributed by atoms with van der Waals surface area (Å²) in [6, 6.07) is 19.4. The van der Waals surface area contributed by atoms with Crippen molar-refractivity contribution in [2.75, 3.05) is 6.61 Å². The number of aryl methyl sites for hydroxylation is 2. The lowest BCUT2D eigenvalue weighted by molar-refractivity contribution is -0.123. The molecule has 3 rings (SSSR count). The van der Waals surface area contributed by atoms with Crippen LogP contribution in [-0.4, -0.2) is 18.7 Å². The maximum absolute atomic E-state index is 12.2. The van der Waals surface area contributed by atoms with Crippen LogP contribution in [0.5, 0.6) is 11.5 Å². The number of hydrazone groups is 1. The summed E-state index contributed by atoms with van der Waals surface area (Å²) in [6.07, 6.45) is 1.55. The first kappa shape index (κ1) is 23.0. The summed E-state index contributed by atoms with van der Waals surface area (Å²) < 4.78 is 13.5. The average molecular weight is 546 g/mol. The minimum absolute atomic E-state index is 0.128. The molecule has 5 nitrogen and oxygen atoms in total. The molecule has 0 aliphatic rings. The van der Waals surface area contributed by atoms with Gasteiger partial charge in [0, 0.05) is 14.5 Å². The van der Waals surface area contributed by atoms with E-state index in [0.717, 1.165) is 31.2 Å². The van der Waals surface area contributed by atoms with Gasteiger partial charge in [-0.2, -0.15) is 5.10 Å². The van der Waals surface area contributed by atoms with Crippen LogP contribution in [0.1, 0.15) is 22.3 Å². The van der Waals surface area contributed by atoms with E-state index in [9.17, 15) is 4.79 Å². The first-order valence-electron chi connectivity index (χ1n) is 9.60. The predicted molar refractivity (Wildman–Crippen MR) is 130 cm³/mol. The second-order valence-electron chi connectivity index (χ2n) is 6.91. The van der Waals surface area contributed by atoms with Gasteiger partial charge in [0.1, 0.15) is 18.1 Å². The molecule has 0 fully saturated rings. The van der Waals surface area contributed by atoms with Crippen molar-refractivity contribution in [3.8, 4) is 11.5 Å². The summed E-state index contributed by atoms with van der Waals surface area (Å²) >= 11 is 6.91. The number of carbonyl (C=O) groups excluding carboxylic acids is 1. The molecule has 1 amide bonds. The van der Waals surface area contributed by atoms with Gasteiger partial charge in [-0.15, -0.1) is 0 Å². The van der Waals surface area contributed by atoms with Crippen molar-refractivity contribution < 1.29 is 14.3 Å². The Morgan fingerprint density at radius 3 is 2.39 bits per heavy atom. The van der Waals surface area contributed by atoms with Gasteiger partial charge in [0.25, 0.3) is 5.91 Å². The van der Waals surface area contributed by atoms with Crippen molar-refractivity contribution in [1.29, 1.82) is 0 Å². The number of nitrogens with zero attached hydrogens (tertiary/aromatic N) is 1. The third kappa shape index (κ3) is 6.94. The van der Waals surface area contributed by atoms with Crippen LogP contribution in [0.2, 0.25) is 0 Å². The van der Waals surface area contributed by atoms with Crippen LogP contribution in [0.4, 0.5) is 0 Å². The van der Waals surface area contributed by atoms with E-state index in [4.69, 9.17) is 9.47 Å². The predicted octanol–water partition coefficient (Wildman–Crippen LogP) is 5.94. The highest BCUT2D eigenvalue weighted by atomic mass is 79.9. The van der Waals surface area contributed by atoms with E-state index in [1.807, 2.05) is 74.5 Å². The van der Waals surface area contributed by atoms with Crippen molar-refractivity contribution in [2.45, 2.75) is 20.5 Å². The number of halogens is 2. The number of carbonyl (C=O) groups is 1. The largest absolute Gasteiger partial charge is 0.488 e. The molecule has 0 heterocycles. The van der Waals surface area contributed by atoms with Crippen LogP contribution in [0.25, 0.3) is 0 Å². The lowest BCUT2D eigenvalue weighted by atomic mass is 10.1. The van der Waals surface area contributed by atoms with Crippen molar-refractivity contribution in [1.82, 2.24) is 5.43 Å². The maximum Gasteiger partial charge on any atom is 0.277 e. The van der Waals surface area contributed by atoms with Gasteiger partial charge >= 0.3 is 0 Å². The molecule has 3 aromatic rings. The Balaban J connectivity index is 1.58. The van der Waals surface area contributed by atoms with E-state index >= 15 is 0 Å². The smallest absolute Gasteiger partial charge is 0.277 e. The number of hydrogen-bond acceptors (Lipinski definition) is 4. The van der Waals surface area contributed by atoms with E-state index in [-0.39, 0.29) is 12.5 Å². The third-order valence-corrected chi connectivity index (χ3v) is 5.33. The number of benzene rings is 3. The van der Waals surface area contributed by atoms with Gasteiger partial charge in [0.2, 0.25) is 0 Å². The summed E-state index contributed by atoms with van der Waals surface area (Å²) in [6.45, 7) is 4.19. The second kappa shape index (κ2) is 11.1. The number of rotatable bonds is 8. The van der Waals surface area contributed by atoms with Gasteiger partial charge in [-0.3, -0.25) is 4.79 Å². The molecule has 0 aromatic heterocycles. The minimum Gasteiger partial charge on any atom is -0.488 e. The third-order valence-electron chi connectivity index (χ3n) is 4.37. The minimum atomic E-state index is -0.347. The molecule has 1 N–H and O–H groups in total. The first-order chi connectivity index (χ1) is 14.9. The zero-order valence-corrected chi connectivity index (χ0v) is 20.4. The summed E-state index contributed by atoms with van der Waals surface area (Å²) in [5.41, 5.74) is 6.22. The lowest BCUT2D eigenvalue weighted by Gasteiger charge is -2.12. The lowest BCUT2D eigenvalue weighted by Crippen LogP contribution is -2.25. The fraction of sp³-hybridized carbons (Fsp3) is 0.167. The van der Waals surface area contributed by atoms with Crippen molar-refractivity contribution in [3.05, 3.63) is 91.9 Å². The Morgan fingerprint density at radius 1 is 0.968 bits per heavy atom. The monoisotopic (exact) mass is 544 g/mol. The van der Waals surface area contributed by atoms with Gasteiger partial charge in [0.05, 0.1) is 6.21 Å². The molecular formula is C24H22Br2N2O3. The van der Waals surface area contributed by atoms with Crippen molar-refractivity contribution in [3.63, 3.8) is 0 Å². The van der Waals surface area contributed by atoms with Crippen LogP contribution in [0.3, 0.4) is 0 Å². The van der Waals surface area contributed by atoms with Crippen LogP contribution < -0.4 is 14.9 Å². The fourth-order valence-electron chi connectivity index (χ4n) is 2.96. The van der Waals surface area contributed by atoms with Crippen LogP contribution in [-0.2, 0) is 11.4 Å². The van der Waals surface area contributed by atoms with Crippen LogP contribution in [0.15, 0.2) is 74.7 Å². The van der Waals surface area contributed by atoms with E-state index in [1.165, 1.54) is 0 Å². The normalized spacial score (nSPS) is 10.8. The van der Waals surface area contributed by atoms with Crippen LogP contribution in [0, 0.1) is 13.8 Å². The summed E-state index contributed by atoms with van der Waals surface area (Å²) in [7, 11) is 0. The Morgan fingerprint density at radius 2 is 1.68 bits per heavy atom. The highest BCUT2D eigenvalue weighted by Crippen LogP contribution is 2.27. The van der Waals surface area contributed by atoms with Gasteiger partial charge in [-0.1, -0.05) is 62.2 Å². The number of nitrogens with one attached hydrogen (secondary N) is 1. The quantitative estimate of drug-likeness (QED) is 0.281. The molecule has 7 heteroatoms. The standard InChI is InChI=1S/C24H22Br2N2O3/c1-16-10-21(26)11-17(2)24(16)31-15-23(29)28-27-13-19-12-20(25)8-9-22(19)30-14-18-6-4-3-5-7-18/h3-13H,14-15H2,1-2H3,(H,28,29)/b27-13+. The highest BCUT2D eigenvalue weighted by molar-refractivity contribution is 9.10. The molecule has 3 aromatic carbocycles. The zero-order chi connectivity index (χ0) is 22.2. The Kier molecular flexibility index (Phi) is 8.26. The Bertz CT molecular complexity index is 1060. The Hall–Kier alpha value is -2.64. The molecule has 0 saturated heterocycles. The molecule has 31 heavy (non-hydrogen) atoms. The summed E-state index contributed by atoms with van der Waals surface area (Å²) in [5, 5.41) is 4.06. The molecule has 0 aliphatic carbocycles. The maximum atomic E-state index is 12.2. The Labute approximate surface area is 198 Å². The van der Waals surface area contributed by atoms with Gasteiger partial charge in [0.15, 0.2) is 6.61 Å². The molecule has 0 saturated carbocycles. The number of amides is 1. The van der Waals surface area contributed by atoms with E-state index in [0.29, 0.717) is 18.1 Å². The SMILES string of the molecule is Cc1cc(Br)cc(C)c1OCC(=O)N/N=C/c1cc(Br)ccc1OCc1ccccc1. The van der Waals surface area contributed by atoms with Gasteiger partial charge in [-0.05, 0) is 60.9 Å². The van der Waals surface area contributed by atoms with Gasteiger partial charge in [-0.25, -0.2) is 5.43 Å². The first-order valence-corrected chi connectivity index (χ1v) is 11.2. The van der Waals surface area contributed by atoms with Crippen LogP contribution >= 0.6 is 31.9 Å². The topological polar surface area (TPSA) is 59.9 Å². The van der Waals surface area contributed by atoms with E-state index in [1.54, 1.807) is 6.21 Å². The molecular weight excluding hydrogens is 524 g/mol. The molecule has 0 aliphatic heterocycles. The highest BCUT2D eigenvalue weighted by Gasteiger charge is 2.09. The molecule has 0 bridgehead atoms. The average Bonchev–Trinajstić information content (AvgIpc) is 2.73. The van der Waals surface area contributed by atoms with E-state index in [2.05, 4.69) is 42.4 Å². The zero-order valence-electron chi connectivity index (χ0n) is 17.2. The summed E-state index contributed by atoms with van der Waals surface area (Å²) in [4.78, 5) is 12.2. The van der Waals surface area contributed by atoms with Gasteiger partial charge < -0.3 is 9.47 Å². The van der Waals surface area contributed by atoms with Crippen molar-refractivity contribution in [2.24, 2.45) is 5.10 Å². The number of ether oxygens (including phenoxy) is 2. The molecule has 160 valence electrons. The molecule has 0 atom stereocenters. The molecule has 0 unspecified atom stereocenters. The fourth-order valence-corrected chi connectivity index (χ4v) is 4.02. The molecule has 0 spiro atoms.